The molecule has 166 valence electrons. The zero-order valence-corrected chi connectivity index (χ0v) is 19.3. The van der Waals surface area contributed by atoms with Crippen molar-refractivity contribution >= 4 is 58.0 Å². The van der Waals surface area contributed by atoms with E-state index >= 15 is 0 Å². The summed E-state index contributed by atoms with van der Waals surface area (Å²) in [5.74, 6) is -1.45. The number of hydrogen-bond donors (Lipinski definition) is 2. The van der Waals surface area contributed by atoms with Crippen molar-refractivity contribution in [2.75, 3.05) is 15.5 Å². The van der Waals surface area contributed by atoms with Gasteiger partial charge in [0.2, 0.25) is 0 Å². The summed E-state index contributed by atoms with van der Waals surface area (Å²) in [4.78, 5) is 39.0. The molecule has 0 atom stereocenters. The molecule has 0 spiro atoms. The minimum absolute atomic E-state index is 0.0197. The van der Waals surface area contributed by atoms with Gasteiger partial charge in [-0.15, -0.1) is 0 Å². The third-order valence-electron chi connectivity index (χ3n) is 5.17. The molecule has 33 heavy (non-hydrogen) atoms. The maximum absolute atomic E-state index is 12.9. The molecule has 1 heterocycles. The predicted molar refractivity (Wildman–Crippen MR) is 131 cm³/mol. The number of anilines is 3. The molecule has 0 bridgehead atoms. The molecule has 6 nitrogen and oxygen atoms in total. The van der Waals surface area contributed by atoms with E-state index in [4.69, 9.17) is 23.2 Å². The van der Waals surface area contributed by atoms with Crippen LogP contribution < -0.4 is 15.5 Å². The first-order valence-electron chi connectivity index (χ1n) is 10.0. The molecule has 4 rings (SSSR count). The number of carbonyl (C=O) groups is 3. The molecule has 0 aromatic heterocycles. The number of imide groups is 1. The highest BCUT2D eigenvalue weighted by Gasteiger charge is 2.38. The highest BCUT2D eigenvalue weighted by Crippen LogP contribution is 2.30. The third-order valence-corrected chi connectivity index (χ3v) is 5.92. The molecule has 0 unspecified atom stereocenters. The number of nitrogens with one attached hydrogen (secondary N) is 2. The van der Waals surface area contributed by atoms with E-state index in [1.165, 1.54) is 0 Å². The lowest BCUT2D eigenvalue weighted by atomic mass is 10.1. The Morgan fingerprint density at radius 1 is 0.818 bits per heavy atom. The van der Waals surface area contributed by atoms with Crippen LogP contribution in [0.2, 0.25) is 5.02 Å². The monoisotopic (exact) mass is 479 g/mol. The van der Waals surface area contributed by atoms with Crippen molar-refractivity contribution in [3.05, 3.63) is 99.2 Å². The number of hydrogen-bond acceptors (Lipinski definition) is 4. The Balaban J connectivity index is 1.47. The van der Waals surface area contributed by atoms with Crippen LogP contribution in [0.15, 0.2) is 77.5 Å². The number of aryl methyl sites for hydroxylation is 2. The fourth-order valence-corrected chi connectivity index (χ4v) is 3.66. The predicted octanol–water partition coefficient (Wildman–Crippen LogP) is 5.64. The number of carbonyl (C=O) groups excluding carboxylic acids is 3. The molecule has 0 saturated carbocycles. The van der Waals surface area contributed by atoms with E-state index < -0.39 is 11.8 Å². The molecule has 3 aromatic carbocycles. The molecule has 8 heteroatoms. The van der Waals surface area contributed by atoms with Gasteiger partial charge in [0.15, 0.2) is 0 Å². The van der Waals surface area contributed by atoms with E-state index in [0.29, 0.717) is 27.6 Å². The topological polar surface area (TPSA) is 78.5 Å². The second-order valence-electron chi connectivity index (χ2n) is 7.59. The Labute approximate surface area is 200 Å². The van der Waals surface area contributed by atoms with Crippen LogP contribution >= 0.6 is 23.2 Å². The fourth-order valence-electron chi connectivity index (χ4n) is 3.26. The van der Waals surface area contributed by atoms with E-state index in [-0.39, 0.29) is 16.6 Å². The number of amides is 3. The highest BCUT2D eigenvalue weighted by atomic mass is 35.5. The maximum atomic E-state index is 12.9. The Hall–Kier alpha value is -3.61. The van der Waals surface area contributed by atoms with E-state index in [9.17, 15) is 14.4 Å². The Bertz CT molecular complexity index is 1300. The normalized spacial score (nSPS) is 13.5. The molecule has 1 aliphatic rings. The average Bonchev–Trinajstić information content (AvgIpc) is 3.00. The van der Waals surface area contributed by atoms with Gasteiger partial charge >= 0.3 is 0 Å². The van der Waals surface area contributed by atoms with Gasteiger partial charge in [-0.05, 0) is 67.9 Å². The van der Waals surface area contributed by atoms with Gasteiger partial charge in [-0.2, -0.15) is 0 Å². The largest absolute Gasteiger partial charge is 0.350 e. The molecular formula is C25H19Cl2N3O3. The number of nitrogens with zero attached hydrogens (tertiary/aromatic N) is 1. The lowest BCUT2D eigenvalue weighted by Gasteiger charge is -2.15. The molecule has 0 radical (unpaired) electrons. The van der Waals surface area contributed by atoms with Crippen LogP contribution in [-0.4, -0.2) is 17.7 Å². The van der Waals surface area contributed by atoms with Crippen LogP contribution in [0.25, 0.3) is 0 Å². The van der Waals surface area contributed by atoms with E-state index in [2.05, 4.69) is 10.6 Å². The average molecular weight is 480 g/mol. The zero-order valence-electron chi connectivity index (χ0n) is 17.8. The fraction of sp³-hybridized carbons (Fsp3) is 0.0800. The van der Waals surface area contributed by atoms with Crippen molar-refractivity contribution in [3.8, 4) is 0 Å². The van der Waals surface area contributed by atoms with Crippen LogP contribution in [0.5, 0.6) is 0 Å². The summed E-state index contributed by atoms with van der Waals surface area (Å²) < 4.78 is 0. The summed E-state index contributed by atoms with van der Waals surface area (Å²) in [7, 11) is 0. The van der Waals surface area contributed by atoms with Crippen molar-refractivity contribution in [2.45, 2.75) is 13.8 Å². The first-order chi connectivity index (χ1) is 15.7. The van der Waals surface area contributed by atoms with Crippen LogP contribution in [-0.2, 0) is 9.59 Å². The minimum Gasteiger partial charge on any atom is -0.350 e. The Morgan fingerprint density at radius 2 is 1.45 bits per heavy atom. The lowest BCUT2D eigenvalue weighted by Crippen LogP contribution is -2.32. The molecular weight excluding hydrogens is 461 g/mol. The van der Waals surface area contributed by atoms with Gasteiger partial charge in [-0.1, -0.05) is 47.0 Å². The molecule has 3 aromatic rings. The van der Waals surface area contributed by atoms with Crippen molar-refractivity contribution < 1.29 is 14.4 Å². The molecule has 0 fully saturated rings. The summed E-state index contributed by atoms with van der Waals surface area (Å²) >= 11 is 12.3. The smallest absolute Gasteiger partial charge is 0.283 e. The van der Waals surface area contributed by atoms with Gasteiger partial charge < -0.3 is 10.6 Å². The molecule has 3 amide bonds. The van der Waals surface area contributed by atoms with Gasteiger partial charge in [0.1, 0.15) is 10.7 Å². The van der Waals surface area contributed by atoms with Gasteiger partial charge in [-0.3, -0.25) is 14.4 Å². The van der Waals surface area contributed by atoms with Gasteiger partial charge in [0, 0.05) is 22.0 Å². The Morgan fingerprint density at radius 3 is 2.09 bits per heavy atom. The van der Waals surface area contributed by atoms with E-state index in [0.717, 1.165) is 16.0 Å². The van der Waals surface area contributed by atoms with Crippen molar-refractivity contribution in [3.63, 3.8) is 0 Å². The maximum Gasteiger partial charge on any atom is 0.283 e. The second-order valence-corrected chi connectivity index (χ2v) is 8.38. The first-order valence-corrected chi connectivity index (χ1v) is 10.8. The SMILES string of the molecule is Cc1ccc(N2C(=O)C(Cl)=C(Nc3ccc(C(=O)Nc4ccc(C)c(Cl)c4)cc3)C2=O)cc1. The Kier molecular flexibility index (Phi) is 6.22. The lowest BCUT2D eigenvalue weighted by molar-refractivity contribution is -0.120. The van der Waals surface area contributed by atoms with Gasteiger partial charge in [-0.25, -0.2) is 4.90 Å². The van der Waals surface area contributed by atoms with Crippen molar-refractivity contribution in [1.82, 2.24) is 0 Å². The summed E-state index contributed by atoms with van der Waals surface area (Å²) in [6.07, 6.45) is 0. The van der Waals surface area contributed by atoms with Crippen molar-refractivity contribution in [2.24, 2.45) is 0 Å². The van der Waals surface area contributed by atoms with Crippen molar-refractivity contribution in [1.29, 1.82) is 0 Å². The second kappa shape index (κ2) is 9.10. The summed E-state index contributed by atoms with van der Waals surface area (Å²) in [5, 5.41) is 6.05. The molecule has 0 aliphatic carbocycles. The quantitative estimate of drug-likeness (QED) is 0.463. The first kappa shape index (κ1) is 22.6. The van der Waals surface area contributed by atoms with Crippen LogP contribution in [0.1, 0.15) is 21.5 Å². The highest BCUT2D eigenvalue weighted by molar-refractivity contribution is 6.53. The van der Waals surface area contributed by atoms with Crippen LogP contribution in [0, 0.1) is 13.8 Å². The van der Waals surface area contributed by atoms with Crippen LogP contribution in [0.3, 0.4) is 0 Å². The summed E-state index contributed by atoms with van der Waals surface area (Å²) in [6.45, 7) is 3.79. The number of rotatable bonds is 5. The number of halogens is 2. The minimum atomic E-state index is -0.597. The van der Waals surface area contributed by atoms with E-state index in [1.807, 2.05) is 32.0 Å². The van der Waals surface area contributed by atoms with Gasteiger partial charge in [0.05, 0.1) is 5.69 Å². The number of benzene rings is 3. The van der Waals surface area contributed by atoms with Crippen LogP contribution in [0.4, 0.5) is 17.1 Å². The van der Waals surface area contributed by atoms with Gasteiger partial charge in [0.25, 0.3) is 17.7 Å². The standard InChI is InChI=1S/C25H19Cl2N3O3/c1-14-3-11-19(12-4-14)30-24(32)21(27)22(25(30)33)28-17-9-6-16(7-10-17)23(31)29-18-8-5-15(2)20(26)13-18/h3-13,28H,1-2H3,(H,29,31). The summed E-state index contributed by atoms with van der Waals surface area (Å²) in [6, 6.07) is 18.7. The molecule has 0 saturated heterocycles. The summed E-state index contributed by atoms with van der Waals surface area (Å²) in [5.41, 5.74) is 3.84. The molecule has 2 N–H and O–H groups in total. The third kappa shape index (κ3) is 4.62. The molecule has 1 aliphatic heterocycles. The van der Waals surface area contributed by atoms with E-state index in [1.54, 1.807) is 48.5 Å². The zero-order chi connectivity index (χ0) is 23.7.